The number of amides is 1. The summed E-state index contributed by atoms with van der Waals surface area (Å²) in [7, 11) is 1.62. The van der Waals surface area contributed by atoms with Crippen LogP contribution in [0.25, 0.3) is 6.08 Å². The van der Waals surface area contributed by atoms with Crippen LogP contribution >= 0.6 is 11.8 Å². The van der Waals surface area contributed by atoms with E-state index in [1.807, 2.05) is 50.2 Å². The van der Waals surface area contributed by atoms with Crippen LogP contribution in [0.1, 0.15) is 48.2 Å². The number of carbonyl (C=O) groups is 1. The standard InChI is InChI=1S/C26H28N4O3S/c1-5-6-7-24-28-23(29-33-24)16-34-26-27-22(15-19-8-10-21(32-4)11-9-19)25(31)30(26)20-13-17(2)12-18(3)14-20/h8-15H,5-7,16H2,1-4H3/b22-15+. The molecule has 1 aliphatic rings. The minimum absolute atomic E-state index is 0.167. The first kappa shape index (κ1) is 23.8. The molecule has 0 N–H and O–H groups in total. The van der Waals surface area contributed by atoms with Crippen LogP contribution in [0, 0.1) is 13.8 Å². The summed E-state index contributed by atoms with van der Waals surface area (Å²) in [5.74, 6) is 2.29. The van der Waals surface area contributed by atoms with Gasteiger partial charge in [-0.05, 0) is 67.3 Å². The van der Waals surface area contributed by atoms with E-state index in [2.05, 4.69) is 23.1 Å². The van der Waals surface area contributed by atoms with Gasteiger partial charge >= 0.3 is 0 Å². The summed E-state index contributed by atoms with van der Waals surface area (Å²) in [6.45, 7) is 6.17. The number of anilines is 1. The maximum atomic E-state index is 13.5. The SMILES string of the molecule is CCCCc1nc(CSC2=N/C(=C/c3ccc(OC)cc3)C(=O)N2c2cc(C)cc(C)c2)no1. The summed E-state index contributed by atoms with van der Waals surface area (Å²) in [6, 6.07) is 13.6. The van der Waals surface area contributed by atoms with E-state index in [1.54, 1.807) is 18.1 Å². The molecule has 34 heavy (non-hydrogen) atoms. The Morgan fingerprint density at radius 2 is 1.85 bits per heavy atom. The average Bonchev–Trinajstić information content (AvgIpc) is 3.40. The van der Waals surface area contributed by atoms with Crippen LogP contribution in [-0.4, -0.2) is 28.3 Å². The Morgan fingerprint density at radius 3 is 2.53 bits per heavy atom. The maximum Gasteiger partial charge on any atom is 0.283 e. The number of aryl methyl sites for hydroxylation is 3. The van der Waals surface area contributed by atoms with Gasteiger partial charge in [-0.3, -0.25) is 9.69 Å². The zero-order valence-electron chi connectivity index (χ0n) is 19.9. The number of benzene rings is 2. The molecule has 7 nitrogen and oxygen atoms in total. The van der Waals surface area contributed by atoms with Gasteiger partial charge in [-0.25, -0.2) is 4.99 Å². The van der Waals surface area contributed by atoms with Gasteiger partial charge in [-0.2, -0.15) is 4.98 Å². The molecule has 1 amide bonds. The number of ether oxygens (including phenoxy) is 1. The van der Waals surface area contributed by atoms with Crippen molar-refractivity contribution in [2.24, 2.45) is 4.99 Å². The van der Waals surface area contributed by atoms with Crippen molar-refractivity contribution >= 4 is 34.6 Å². The number of methoxy groups -OCH3 is 1. The van der Waals surface area contributed by atoms with Crippen molar-refractivity contribution in [1.29, 1.82) is 0 Å². The second-order valence-electron chi connectivity index (χ2n) is 8.18. The number of thioether (sulfide) groups is 1. The average molecular weight is 477 g/mol. The van der Waals surface area contributed by atoms with Gasteiger partial charge in [0.05, 0.1) is 18.6 Å². The molecule has 3 aromatic rings. The van der Waals surface area contributed by atoms with Crippen molar-refractivity contribution in [2.75, 3.05) is 12.0 Å². The molecule has 0 aliphatic carbocycles. The van der Waals surface area contributed by atoms with Crippen LogP contribution in [0.2, 0.25) is 0 Å². The first-order valence-corrected chi connectivity index (χ1v) is 12.3. The van der Waals surface area contributed by atoms with E-state index in [9.17, 15) is 4.79 Å². The summed E-state index contributed by atoms with van der Waals surface area (Å²) < 4.78 is 10.6. The van der Waals surface area contributed by atoms with Gasteiger partial charge in [0.2, 0.25) is 5.89 Å². The molecule has 4 rings (SSSR count). The molecule has 0 saturated heterocycles. The van der Waals surface area contributed by atoms with Crippen LogP contribution in [-0.2, 0) is 17.0 Å². The van der Waals surface area contributed by atoms with Gasteiger partial charge in [-0.1, -0.05) is 48.5 Å². The number of aliphatic imine (C=N–C) groups is 1. The fourth-order valence-electron chi connectivity index (χ4n) is 3.67. The number of hydrogen-bond acceptors (Lipinski definition) is 7. The third-order valence-corrected chi connectivity index (χ3v) is 6.23. The Hall–Kier alpha value is -3.39. The summed E-state index contributed by atoms with van der Waals surface area (Å²) in [5, 5.41) is 4.68. The van der Waals surface area contributed by atoms with Crippen molar-refractivity contribution < 1.29 is 14.1 Å². The van der Waals surface area contributed by atoms with Gasteiger partial charge in [0.25, 0.3) is 5.91 Å². The Bertz CT molecular complexity index is 1210. The quantitative estimate of drug-likeness (QED) is 0.387. The number of amidine groups is 1. The number of nitrogens with zero attached hydrogens (tertiary/aromatic N) is 4. The van der Waals surface area contributed by atoms with E-state index in [0.717, 1.165) is 47.4 Å². The molecule has 1 aromatic heterocycles. The fraction of sp³-hybridized carbons (Fsp3) is 0.308. The van der Waals surface area contributed by atoms with Crippen molar-refractivity contribution in [3.05, 3.63) is 76.6 Å². The Balaban J connectivity index is 1.62. The molecule has 2 aromatic carbocycles. The third kappa shape index (κ3) is 5.56. The summed E-state index contributed by atoms with van der Waals surface area (Å²) in [4.78, 5) is 24.3. The molecule has 2 heterocycles. The fourth-order valence-corrected chi connectivity index (χ4v) is 4.52. The maximum absolute atomic E-state index is 13.5. The molecular weight excluding hydrogens is 448 g/mol. The lowest BCUT2D eigenvalue weighted by Crippen LogP contribution is -2.30. The van der Waals surface area contributed by atoms with Crippen molar-refractivity contribution in [2.45, 2.75) is 45.8 Å². The van der Waals surface area contributed by atoms with Crippen LogP contribution in [0.15, 0.2) is 57.7 Å². The van der Waals surface area contributed by atoms with Crippen molar-refractivity contribution in [1.82, 2.24) is 10.1 Å². The van der Waals surface area contributed by atoms with Gasteiger partial charge in [0.1, 0.15) is 11.4 Å². The highest BCUT2D eigenvalue weighted by molar-refractivity contribution is 8.13. The summed E-state index contributed by atoms with van der Waals surface area (Å²) in [5.41, 5.74) is 4.21. The predicted octanol–water partition coefficient (Wildman–Crippen LogP) is 5.71. The lowest BCUT2D eigenvalue weighted by Gasteiger charge is -2.18. The topological polar surface area (TPSA) is 80.8 Å². The minimum atomic E-state index is -0.167. The van der Waals surface area contributed by atoms with E-state index in [-0.39, 0.29) is 5.91 Å². The highest BCUT2D eigenvalue weighted by Gasteiger charge is 2.32. The van der Waals surface area contributed by atoms with Crippen LogP contribution in [0.4, 0.5) is 5.69 Å². The second kappa shape index (κ2) is 10.7. The summed E-state index contributed by atoms with van der Waals surface area (Å²) >= 11 is 1.42. The van der Waals surface area contributed by atoms with E-state index >= 15 is 0 Å². The minimum Gasteiger partial charge on any atom is -0.497 e. The lowest BCUT2D eigenvalue weighted by molar-refractivity contribution is -0.113. The zero-order chi connectivity index (χ0) is 24.1. The van der Waals surface area contributed by atoms with Gasteiger partial charge in [-0.15, -0.1) is 0 Å². The Morgan fingerprint density at radius 1 is 1.12 bits per heavy atom. The summed E-state index contributed by atoms with van der Waals surface area (Å²) in [6.07, 6.45) is 4.65. The lowest BCUT2D eigenvalue weighted by atomic mass is 10.1. The van der Waals surface area contributed by atoms with Crippen molar-refractivity contribution in [3.8, 4) is 5.75 Å². The van der Waals surface area contributed by atoms with Crippen LogP contribution < -0.4 is 9.64 Å². The highest BCUT2D eigenvalue weighted by atomic mass is 32.2. The number of aromatic nitrogens is 2. The monoisotopic (exact) mass is 476 g/mol. The largest absolute Gasteiger partial charge is 0.497 e. The molecule has 1 aliphatic heterocycles. The molecule has 0 spiro atoms. The van der Waals surface area contributed by atoms with E-state index in [4.69, 9.17) is 14.3 Å². The van der Waals surface area contributed by atoms with E-state index in [1.165, 1.54) is 11.8 Å². The molecule has 0 radical (unpaired) electrons. The molecule has 0 bridgehead atoms. The van der Waals surface area contributed by atoms with Crippen molar-refractivity contribution in [3.63, 3.8) is 0 Å². The number of unbranched alkanes of at least 4 members (excludes halogenated alkanes) is 1. The van der Waals surface area contributed by atoms with E-state index in [0.29, 0.717) is 28.3 Å². The first-order valence-electron chi connectivity index (χ1n) is 11.3. The normalized spacial score (nSPS) is 14.7. The Labute approximate surface area is 203 Å². The smallest absolute Gasteiger partial charge is 0.283 e. The predicted molar refractivity (Wildman–Crippen MR) is 136 cm³/mol. The molecule has 0 atom stereocenters. The van der Waals surface area contributed by atoms with Crippen LogP contribution in [0.5, 0.6) is 5.75 Å². The Kier molecular flexibility index (Phi) is 7.47. The van der Waals surface area contributed by atoms with Crippen LogP contribution in [0.3, 0.4) is 0 Å². The molecule has 0 saturated carbocycles. The third-order valence-electron chi connectivity index (χ3n) is 5.30. The number of rotatable bonds is 8. The number of hydrogen-bond donors (Lipinski definition) is 0. The molecule has 176 valence electrons. The van der Waals surface area contributed by atoms with Gasteiger partial charge in [0, 0.05) is 6.42 Å². The van der Waals surface area contributed by atoms with E-state index < -0.39 is 0 Å². The molecular formula is C26H28N4O3S. The zero-order valence-corrected chi connectivity index (χ0v) is 20.7. The van der Waals surface area contributed by atoms with Gasteiger partial charge in [0.15, 0.2) is 11.0 Å². The molecule has 0 unspecified atom stereocenters. The molecule has 0 fully saturated rings. The highest BCUT2D eigenvalue weighted by Crippen LogP contribution is 2.32. The van der Waals surface area contributed by atoms with Gasteiger partial charge < -0.3 is 9.26 Å². The molecule has 8 heteroatoms. The second-order valence-corrected chi connectivity index (χ2v) is 9.12. The number of carbonyl (C=O) groups excluding carboxylic acids is 1. The first-order chi connectivity index (χ1) is 16.5.